The van der Waals surface area contributed by atoms with E-state index in [0.29, 0.717) is 10.4 Å². The van der Waals surface area contributed by atoms with E-state index in [2.05, 4.69) is 15.9 Å². The van der Waals surface area contributed by atoms with E-state index in [1.165, 1.54) is 13.1 Å². The van der Waals surface area contributed by atoms with Gasteiger partial charge in [-0.25, -0.2) is 12.8 Å². The zero-order valence-electron chi connectivity index (χ0n) is 10.5. The zero-order valence-corrected chi connectivity index (χ0v) is 12.9. The standard InChI is InChI=1S/C12H12BrFN2O3S/c1-16(7-10-2-3-12(13)19-10)20(17,18)11-5-8(14)4-9(15)6-11/h2-6H,7,15H2,1H3. The Kier molecular flexibility index (Phi) is 4.17. The van der Waals surface area contributed by atoms with Gasteiger partial charge in [0.1, 0.15) is 11.6 Å². The Morgan fingerprint density at radius 1 is 1.35 bits per heavy atom. The van der Waals surface area contributed by atoms with Crippen LogP contribution in [0, 0.1) is 5.82 Å². The molecule has 2 rings (SSSR count). The summed E-state index contributed by atoms with van der Waals surface area (Å²) in [4.78, 5) is -0.192. The van der Waals surface area contributed by atoms with Crippen molar-refractivity contribution in [3.05, 3.63) is 46.6 Å². The lowest BCUT2D eigenvalue weighted by Gasteiger charge is -2.16. The Morgan fingerprint density at radius 2 is 2.05 bits per heavy atom. The highest BCUT2D eigenvalue weighted by Crippen LogP contribution is 2.22. The smallest absolute Gasteiger partial charge is 0.243 e. The fourth-order valence-corrected chi connectivity index (χ4v) is 3.20. The molecule has 0 aliphatic heterocycles. The zero-order chi connectivity index (χ0) is 14.9. The van der Waals surface area contributed by atoms with Crippen LogP contribution < -0.4 is 5.73 Å². The maximum Gasteiger partial charge on any atom is 0.243 e. The van der Waals surface area contributed by atoms with Crippen LogP contribution in [0.4, 0.5) is 10.1 Å². The highest BCUT2D eigenvalue weighted by atomic mass is 79.9. The summed E-state index contributed by atoms with van der Waals surface area (Å²) < 4.78 is 44.7. The largest absolute Gasteiger partial charge is 0.453 e. The molecule has 0 radical (unpaired) electrons. The third-order valence-corrected chi connectivity index (χ3v) is 4.82. The van der Waals surface area contributed by atoms with E-state index >= 15 is 0 Å². The maximum absolute atomic E-state index is 13.3. The molecule has 20 heavy (non-hydrogen) atoms. The number of nitrogens with two attached hydrogens (primary N) is 1. The van der Waals surface area contributed by atoms with Crippen LogP contribution in [0.5, 0.6) is 0 Å². The number of rotatable bonds is 4. The van der Waals surface area contributed by atoms with Crippen molar-refractivity contribution in [3.8, 4) is 0 Å². The van der Waals surface area contributed by atoms with E-state index in [4.69, 9.17) is 10.2 Å². The van der Waals surface area contributed by atoms with Gasteiger partial charge in [-0.15, -0.1) is 0 Å². The fraction of sp³-hybridized carbons (Fsp3) is 0.167. The SMILES string of the molecule is CN(Cc1ccc(Br)o1)S(=O)(=O)c1cc(N)cc(F)c1. The third kappa shape index (κ3) is 3.20. The Bertz CT molecular complexity index is 710. The lowest BCUT2D eigenvalue weighted by molar-refractivity contribution is 0.398. The van der Waals surface area contributed by atoms with Crippen LogP contribution in [-0.4, -0.2) is 19.8 Å². The van der Waals surface area contributed by atoms with E-state index in [9.17, 15) is 12.8 Å². The molecule has 0 atom stereocenters. The molecule has 0 aliphatic carbocycles. The molecule has 0 spiro atoms. The molecule has 5 nitrogen and oxygen atoms in total. The highest BCUT2D eigenvalue weighted by Gasteiger charge is 2.23. The van der Waals surface area contributed by atoms with E-state index in [0.717, 1.165) is 16.4 Å². The Morgan fingerprint density at radius 3 is 2.60 bits per heavy atom. The van der Waals surface area contributed by atoms with Crippen molar-refractivity contribution in [1.82, 2.24) is 4.31 Å². The molecule has 108 valence electrons. The van der Waals surface area contributed by atoms with Crippen molar-refractivity contribution in [2.45, 2.75) is 11.4 Å². The summed E-state index contributed by atoms with van der Waals surface area (Å²) in [5.74, 6) is -0.231. The number of sulfonamides is 1. The molecule has 0 unspecified atom stereocenters. The minimum absolute atomic E-state index is 0.0321. The minimum Gasteiger partial charge on any atom is -0.453 e. The van der Waals surface area contributed by atoms with Gasteiger partial charge in [-0.2, -0.15) is 4.31 Å². The van der Waals surface area contributed by atoms with Gasteiger partial charge >= 0.3 is 0 Å². The number of furan rings is 1. The lowest BCUT2D eigenvalue weighted by atomic mass is 10.3. The number of hydrogen-bond acceptors (Lipinski definition) is 4. The molecule has 1 aromatic heterocycles. The Hall–Kier alpha value is -1.38. The summed E-state index contributed by atoms with van der Waals surface area (Å²) in [6.45, 7) is 0.0321. The average molecular weight is 363 g/mol. The molecule has 2 N–H and O–H groups in total. The van der Waals surface area contributed by atoms with Crippen molar-refractivity contribution in [1.29, 1.82) is 0 Å². The number of benzene rings is 1. The van der Waals surface area contributed by atoms with Crippen LogP contribution in [-0.2, 0) is 16.6 Å². The van der Waals surface area contributed by atoms with Gasteiger partial charge in [-0.05, 0) is 46.3 Å². The molecular formula is C12H12BrFN2O3S. The quantitative estimate of drug-likeness (QED) is 0.848. The first-order chi connectivity index (χ1) is 9.29. The molecule has 8 heteroatoms. The summed E-state index contributed by atoms with van der Waals surface area (Å²) in [6, 6.07) is 6.52. The van der Waals surface area contributed by atoms with Gasteiger partial charge in [0.15, 0.2) is 4.67 Å². The first-order valence-corrected chi connectivity index (χ1v) is 7.79. The number of halogens is 2. The van der Waals surface area contributed by atoms with Gasteiger partial charge in [-0.1, -0.05) is 0 Å². The van der Waals surface area contributed by atoms with Gasteiger partial charge < -0.3 is 10.2 Å². The van der Waals surface area contributed by atoms with Crippen LogP contribution in [0.2, 0.25) is 0 Å². The second-order valence-corrected chi connectivity index (χ2v) is 7.01. The number of hydrogen-bond donors (Lipinski definition) is 1. The summed E-state index contributed by atoms with van der Waals surface area (Å²) in [7, 11) is -2.45. The van der Waals surface area contributed by atoms with E-state index in [-0.39, 0.29) is 17.1 Å². The van der Waals surface area contributed by atoms with E-state index in [1.54, 1.807) is 12.1 Å². The molecule has 1 aromatic carbocycles. The van der Waals surface area contributed by atoms with E-state index in [1.807, 2.05) is 0 Å². The molecule has 2 aromatic rings. The van der Waals surface area contributed by atoms with Gasteiger partial charge in [0.25, 0.3) is 0 Å². The molecule has 0 bridgehead atoms. The molecule has 0 aliphatic rings. The summed E-state index contributed by atoms with van der Waals surface area (Å²) in [6.07, 6.45) is 0. The molecule has 1 heterocycles. The van der Waals surface area contributed by atoms with Crippen molar-refractivity contribution in [3.63, 3.8) is 0 Å². The predicted octanol–water partition coefficient (Wildman–Crippen LogP) is 2.58. The molecule has 0 saturated heterocycles. The third-order valence-electron chi connectivity index (χ3n) is 2.61. The average Bonchev–Trinajstić information content (AvgIpc) is 2.73. The predicted molar refractivity (Wildman–Crippen MR) is 75.9 cm³/mol. The minimum atomic E-state index is -3.83. The van der Waals surface area contributed by atoms with E-state index < -0.39 is 15.8 Å². The Labute approximate surface area is 124 Å². The van der Waals surface area contributed by atoms with Crippen molar-refractivity contribution < 1.29 is 17.2 Å². The summed E-state index contributed by atoms with van der Waals surface area (Å²) >= 11 is 3.14. The first kappa shape index (κ1) is 15.0. The van der Waals surface area contributed by atoms with Crippen LogP contribution in [0.3, 0.4) is 0 Å². The molecular weight excluding hydrogens is 351 g/mol. The normalized spacial score (nSPS) is 12.0. The molecule has 0 amide bonds. The number of nitrogen functional groups attached to an aromatic ring is 1. The summed E-state index contributed by atoms with van der Waals surface area (Å²) in [5, 5.41) is 0. The van der Waals surface area contributed by atoms with Gasteiger partial charge in [0, 0.05) is 12.7 Å². The van der Waals surface area contributed by atoms with Crippen LogP contribution in [0.1, 0.15) is 5.76 Å². The molecule has 0 saturated carbocycles. The number of nitrogens with zero attached hydrogens (tertiary/aromatic N) is 1. The second-order valence-electron chi connectivity index (χ2n) is 4.19. The topological polar surface area (TPSA) is 76.5 Å². The molecule has 0 fully saturated rings. The lowest BCUT2D eigenvalue weighted by Crippen LogP contribution is -2.26. The monoisotopic (exact) mass is 362 g/mol. The summed E-state index contributed by atoms with van der Waals surface area (Å²) in [5.41, 5.74) is 5.52. The van der Waals surface area contributed by atoms with Crippen molar-refractivity contribution in [2.75, 3.05) is 12.8 Å². The number of anilines is 1. The van der Waals surface area contributed by atoms with Gasteiger partial charge in [-0.3, -0.25) is 0 Å². The van der Waals surface area contributed by atoms with Gasteiger partial charge in [0.2, 0.25) is 10.0 Å². The maximum atomic E-state index is 13.3. The van der Waals surface area contributed by atoms with Crippen molar-refractivity contribution >= 4 is 31.6 Å². The second kappa shape index (κ2) is 5.55. The van der Waals surface area contributed by atoms with Crippen LogP contribution in [0.25, 0.3) is 0 Å². The Balaban J connectivity index is 2.29. The van der Waals surface area contributed by atoms with Gasteiger partial charge in [0.05, 0.1) is 11.4 Å². The first-order valence-electron chi connectivity index (χ1n) is 5.55. The van der Waals surface area contributed by atoms with Crippen LogP contribution in [0.15, 0.2) is 44.3 Å². The van der Waals surface area contributed by atoms with Crippen LogP contribution >= 0.6 is 15.9 Å². The highest BCUT2D eigenvalue weighted by molar-refractivity contribution is 9.10. The fourth-order valence-electron chi connectivity index (χ4n) is 1.65. The van der Waals surface area contributed by atoms with Crippen molar-refractivity contribution in [2.24, 2.45) is 0 Å².